The van der Waals surface area contributed by atoms with Crippen LogP contribution >= 0.6 is 0 Å². The van der Waals surface area contributed by atoms with E-state index in [1.54, 1.807) is 0 Å². The van der Waals surface area contributed by atoms with E-state index >= 15 is 0 Å². The van der Waals surface area contributed by atoms with Crippen molar-refractivity contribution < 1.29 is 16.5 Å². The van der Waals surface area contributed by atoms with Gasteiger partial charge in [0.2, 0.25) is 0 Å². The maximum atomic E-state index is 6.63. The van der Waals surface area contributed by atoms with Crippen LogP contribution in [0.4, 0.5) is 0 Å². The van der Waals surface area contributed by atoms with E-state index in [9.17, 15) is 0 Å². The zero-order valence-corrected chi connectivity index (χ0v) is 9.86. The predicted octanol–water partition coefficient (Wildman–Crippen LogP) is 2.93. The van der Waals surface area contributed by atoms with Crippen molar-refractivity contribution in [2.24, 2.45) is 0 Å². The van der Waals surface area contributed by atoms with Crippen LogP contribution in [-0.4, -0.2) is 52.4 Å². The summed E-state index contributed by atoms with van der Waals surface area (Å²) in [5, 5.41) is 7.67. The summed E-state index contributed by atoms with van der Waals surface area (Å²) in [5.74, 6) is 0. The van der Waals surface area contributed by atoms with E-state index in [2.05, 4.69) is 10.6 Å². The minimum atomic E-state index is 0. The van der Waals surface area contributed by atoms with Crippen LogP contribution in [0.3, 0.4) is 0 Å². The Hall–Kier alpha value is 0.254. The van der Waals surface area contributed by atoms with E-state index in [1.165, 1.54) is 0 Å². The van der Waals surface area contributed by atoms with Gasteiger partial charge < -0.3 is 33.6 Å². The van der Waals surface area contributed by atoms with E-state index in [4.69, 9.17) is 22.9 Å². The summed E-state index contributed by atoms with van der Waals surface area (Å²) >= 11 is 0. The Labute approximate surface area is 103 Å². The van der Waals surface area contributed by atoms with Gasteiger partial charge in [-0.05, 0) is 0 Å². The Morgan fingerprint density at radius 2 is 0.733 bits per heavy atom. The average Bonchev–Trinajstić information content (AvgIpc) is 2.21. The van der Waals surface area contributed by atoms with Crippen LogP contribution in [0.15, 0.2) is 0 Å². The molecule has 0 unspecified atom stereocenters. The van der Waals surface area contributed by atoms with Crippen molar-refractivity contribution in [3.63, 3.8) is 0 Å². The van der Waals surface area contributed by atoms with Gasteiger partial charge in [-0.3, -0.25) is 0 Å². The molecule has 0 aromatic heterocycles. The van der Waals surface area contributed by atoms with Crippen molar-refractivity contribution in [3.05, 3.63) is 33.6 Å². The largest absolute Gasteiger partial charge is 2.00 e. The van der Waals surface area contributed by atoms with Gasteiger partial charge in [0.1, 0.15) is 0 Å². The van der Waals surface area contributed by atoms with Crippen molar-refractivity contribution in [2.75, 3.05) is 52.4 Å². The SMILES string of the molecule is [NH-]CC[N-]CC[NH-].[NH-]CC[N-]CC[NH-].[Ni+2]. The van der Waals surface area contributed by atoms with Crippen molar-refractivity contribution >= 4 is 0 Å². The summed E-state index contributed by atoms with van der Waals surface area (Å²) in [4.78, 5) is 0. The third kappa shape index (κ3) is 31.4. The monoisotopic (exact) mass is 258 g/mol. The molecule has 0 aliphatic carbocycles. The molecule has 0 heterocycles. The summed E-state index contributed by atoms with van der Waals surface area (Å²) in [7, 11) is 0. The van der Waals surface area contributed by atoms with Gasteiger partial charge in [-0.1, -0.05) is 0 Å². The third-order valence-electron chi connectivity index (χ3n) is 1.08. The molecule has 0 aromatic rings. The Morgan fingerprint density at radius 3 is 0.867 bits per heavy atom. The molecule has 96 valence electrons. The van der Waals surface area contributed by atoms with Gasteiger partial charge in [0.25, 0.3) is 0 Å². The van der Waals surface area contributed by atoms with Crippen molar-refractivity contribution in [1.82, 2.24) is 0 Å². The maximum absolute atomic E-state index is 6.63. The zero-order valence-electron chi connectivity index (χ0n) is 8.87. The molecule has 6 nitrogen and oxygen atoms in total. The summed E-state index contributed by atoms with van der Waals surface area (Å²) in [6.45, 7) is 3.83. The van der Waals surface area contributed by atoms with Crippen LogP contribution in [0.5, 0.6) is 0 Å². The van der Waals surface area contributed by atoms with E-state index in [1.807, 2.05) is 0 Å². The third-order valence-corrected chi connectivity index (χ3v) is 1.08. The van der Waals surface area contributed by atoms with Gasteiger partial charge in [0.05, 0.1) is 0 Å². The second-order valence-corrected chi connectivity index (χ2v) is 2.34. The van der Waals surface area contributed by atoms with E-state index < -0.39 is 0 Å². The molecule has 7 heteroatoms. The molecule has 15 heavy (non-hydrogen) atoms. The van der Waals surface area contributed by atoms with E-state index in [0.717, 1.165) is 0 Å². The maximum Gasteiger partial charge on any atom is 2.00 e. The topological polar surface area (TPSA) is 123 Å². The first-order valence-electron chi connectivity index (χ1n) is 4.68. The first kappa shape index (κ1) is 20.6. The summed E-state index contributed by atoms with van der Waals surface area (Å²) in [5.41, 5.74) is 26.5. The fourth-order valence-corrected chi connectivity index (χ4v) is 0.540. The van der Waals surface area contributed by atoms with Gasteiger partial charge in [0.15, 0.2) is 0 Å². The molecule has 0 saturated heterocycles. The van der Waals surface area contributed by atoms with Crippen LogP contribution in [-0.2, 0) is 16.5 Å². The number of hydrogen-bond donors (Lipinski definition) is 0. The quantitative estimate of drug-likeness (QED) is 0.469. The molecule has 0 aliphatic heterocycles. The van der Waals surface area contributed by atoms with Crippen LogP contribution in [0.25, 0.3) is 33.6 Å². The van der Waals surface area contributed by atoms with Crippen molar-refractivity contribution in [1.29, 1.82) is 0 Å². The molecule has 0 atom stereocenters. The fourth-order valence-electron chi connectivity index (χ4n) is 0.540. The molecule has 0 spiro atoms. The summed E-state index contributed by atoms with van der Waals surface area (Å²) in [6.07, 6.45) is 0. The molecule has 0 aliphatic rings. The minimum Gasteiger partial charge on any atom is -0.679 e. The van der Waals surface area contributed by atoms with Crippen LogP contribution < -0.4 is 0 Å². The smallest absolute Gasteiger partial charge is 0.679 e. The van der Waals surface area contributed by atoms with Gasteiger partial charge in [-0.25, -0.2) is 0 Å². The first-order chi connectivity index (χ1) is 6.83. The molecule has 0 amide bonds. The number of hydrogen-bond acceptors (Lipinski definition) is 0. The van der Waals surface area contributed by atoms with Gasteiger partial charge in [-0.2, -0.15) is 52.4 Å². The van der Waals surface area contributed by atoms with Crippen LogP contribution in [0, 0.1) is 0 Å². The fraction of sp³-hybridized carbons (Fsp3) is 1.00. The Kier molecular flexibility index (Phi) is 32.8. The molecular formula is C8H20N6Ni-4. The van der Waals surface area contributed by atoms with Crippen LogP contribution in [0.2, 0.25) is 0 Å². The molecule has 4 N–H and O–H groups in total. The van der Waals surface area contributed by atoms with Gasteiger partial charge in [0, 0.05) is 0 Å². The molecule has 0 rings (SSSR count). The van der Waals surface area contributed by atoms with Gasteiger partial charge in [-0.15, -0.1) is 0 Å². The summed E-state index contributed by atoms with van der Waals surface area (Å²) < 4.78 is 0. The second kappa shape index (κ2) is 23.8. The number of nitrogens with zero attached hydrogens (tertiary/aromatic N) is 2. The molecule has 0 fully saturated rings. The molecule has 0 radical (unpaired) electrons. The minimum absolute atomic E-state index is 0. The number of nitrogens with one attached hydrogen (secondary N) is 4. The molecule has 0 bridgehead atoms. The average molecular weight is 259 g/mol. The second-order valence-electron chi connectivity index (χ2n) is 2.34. The number of rotatable bonds is 8. The van der Waals surface area contributed by atoms with Gasteiger partial charge >= 0.3 is 16.5 Å². The van der Waals surface area contributed by atoms with Crippen LogP contribution in [0.1, 0.15) is 0 Å². The van der Waals surface area contributed by atoms with Crippen molar-refractivity contribution in [2.45, 2.75) is 0 Å². The molecule has 0 aromatic carbocycles. The van der Waals surface area contributed by atoms with E-state index in [0.29, 0.717) is 52.4 Å². The zero-order chi connectivity index (χ0) is 11.1. The predicted molar refractivity (Wildman–Crippen MR) is 62.9 cm³/mol. The Bertz CT molecular complexity index is 67.5. The standard InChI is InChI=1S/2C4H10N3.Ni/c2*5-1-3-7-4-2-6;/h2*5-6H,1-4H2;/q2*-3;+2. The molecular weight excluding hydrogens is 239 g/mol. The molecule has 0 saturated carbocycles. The summed E-state index contributed by atoms with van der Waals surface area (Å²) in [6, 6.07) is 0. The Morgan fingerprint density at radius 1 is 0.533 bits per heavy atom. The van der Waals surface area contributed by atoms with E-state index in [-0.39, 0.29) is 16.5 Å². The Balaban J connectivity index is -0.000000180. The van der Waals surface area contributed by atoms with Crippen molar-refractivity contribution in [3.8, 4) is 0 Å². The normalized spacial score (nSPS) is 8.80. The first-order valence-corrected chi connectivity index (χ1v) is 4.68.